The molecule has 1 N–H and O–H groups in total. The van der Waals surface area contributed by atoms with E-state index in [4.69, 9.17) is 13.9 Å². The fraction of sp³-hybridized carbons (Fsp3) is 0.312. The highest BCUT2D eigenvalue weighted by molar-refractivity contribution is 5.81. The van der Waals surface area contributed by atoms with Crippen molar-refractivity contribution in [3.8, 4) is 11.5 Å². The molecule has 21 heavy (non-hydrogen) atoms. The van der Waals surface area contributed by atoms with E-state index in [1.807, 2.05) is 25.1 Å². The predicted molar refractivity (Wildman–Crippen MR) is 78.3 cm³/mol. The van der Waals surface area contributed by atoms with Crippen LogP contribution in [0.25, 0.3) is 0 Å². The average molecular weight is 289 g/mol. The van der Waals surface area contributed by atoms with E-state index >= 15 is 0 Å². The third-order valence-electron chi connectivity index (χ3n) is 3.00. The Hall–Kier alpha value is -2.43. The number of hydrogen-bond donors (Lipinski definition) is 1. The summed E-state index contributed by atoms with van der Waals surface area (Å²) in [5.41, 5.74) is 0. The Morgan fingerprint density at radius 2 is 2.10 bits per heavy atom. The Labute approximate surface area is 123 Å². The zero-order chi connectivity index (χ0) is 15.1. The molecule has 0 aliphatic heterocycles. The summed E-state index contributed by atoms with van der Waals surface area (Å²) in [4.78, 5) is 12.1. The maximum atomic E-state index is 12.1. The van der Waals surface area contributed by atoms with E-state index in [2.05, 4.69) is 5.32 Å². The molecule has 0 bridgehead atoms. The van der Waals surface area contributed by atoms with E-state index in [1.165, 1.54) is 0 Å². The van der Waals surface area contributed by atoms with Gasteiger partial charge >= 0.3 is 0 Å². The number of methoxy groups -OCH3 is 1. The van der Waals surface area contributed by atoms with Gasteiger partial charge in [-0.3, -0.25) is 4.79 Å². The van der Waals surface area contributed by atoms with Gasteiger partial charge in [-0.1, -0.05) is 13.0 Å². The lowest BCUT2D eigenvalue weighted by Crippen LogP contribution is -2.37. The number of furan rings is 1. The van der Waals surface area contributed by atoms with Crippen LogP contribution < -0.4 is 14.8 Å². The molecule has 0 fully saturated rings. The van der Waals surface area contributed by atoms with Crippen molar-refractivity contribution in [1.82, 2.24) is 5.32 Å². The fourth-order valence-corrected chi connectivity index (χ4v) is 1.86. The van der Waals surface area contributed by atoms with E-state index in [1.54, 1.807) is 31.6 Å². The Morgan fingerprint density at radius 3 is 2.76 bits per heavy atom. The van der Waals surface area contributed by atoms with E-state index in [-0.39, 0.29) is 5.91 Å². The highest BCUT2D eigenvalue weighted by Gasteiger charge is 2.18. The second-order valence-corrected chi connectivity index (χ2v) is 4.49. The summed E-state index contributed by atoms with van der Waals surface area (Å²) in [6.45, 7) is 2.25. The van der Waals surface area contributed by atoms with Crippen molar-refractivity contribution in [3.05, 3.63) is 48.4 Å². The molecule has 0 saturated carbocycles. The zero-order valence-corrected chi connectivity index (χ0v) is 12.2. The van der Waals surface area contributed by atoms with Gasteiger partial charge in [0, 0.05) is 6.07 Å². The third kappa shape index (κ3) is 4.27. The van der Waals surface area contributed by atoms with Gasteiger partial charge in [-0.2, -0.15) is 0 Å². The van der Waals surface area contributed by atoms with E-state index in [0.29, 0.717) is 30.2 Å². The molecule has 2 aromatic rings. The van der Waals surface area contributed by atoms with Crippen molar-refractivity contribution >= 4 is 5.91 Å². The molecule has 0 saturated heterocycles. The van der Waals surface area contributed by atoms with Crippen LogP contribution in [0.5, 0.6) is 11.5 Å². The molecule has 5 nitrogen and oxygen atoms in total. The smallest absolute Gasteiger partial charge is 0.261 e. The molecule has 1 amide bonds. The Balaban J connectivity index is 1.93. The molecule has 1 heterocycles. The fourth-order valence-electron chi connectivity index (χ4n) is 1.86. The van der Waals surface area contributed by atoms with Crippen LogP contribution in [-0.4, -0.2) is 19.1 Å². The minimum atomic E-state index is -0.549. The second-order valence-electron chi connectivity index (χ2n) is 4.49. The normalized spacial score (nSPS) is 11.7. The van der Waals surface area contributed by atoms with Crippen LogP contribution in [0.4, 0.5) is 0 Å². The largest absolute Gasteiger partial charge is 0.497 e. The van der Waals surface area contributed by atoms with Crippen molar-refractivity contribution in [1.29, 1.82) is 0 Å². The zero-order valence-electron chi connectivity index (χ0n) is 12.2. The van der Waals surface area contributed by atoms with Crippen LogP contribution in [0.1, 0.15) is 19.1 Å². The van der Waals surface area contributed by atoms with Gasteiger partial charge in [0.25, 0.3) is 5.91 Å². The molecule has 0 spiro atoms. The second kappa shape index (κ2) is 7.38. The predicted octanol–water partition coefficient (Wildman–Crippen LogP) is 2.76. The summed E-state index contributed by atoms with van der Waals surface area (Å²) in [6, 6.07) is 10.8. The van der Waals surface area contributed by atoms with Gasteiger partial charge in [0.05, 0.1) is 19.9 Å². The number of amides is 1. The minimum absolute atomic E-state index is 0.170. The lowest BCUT2D eigenvalue weighted by molar-refractivity contribution is -0.128. The molecule has 0 aliphatic carbocycles. The van der Waals surface area contributed by atoms with Gasteiger partial charge in [-0.15, -0.1) is 0 Å². The molecular formula is C16H19NO4. The van der Waals surface area contributed by atoms with Gasteiger partial charge in [0.15, 0.2) is 6.10 Å². The standard InChI is InChI=1S/C16H19NO4/c1-3-15(16(18)17-11-14-8-5-9-20-14)21-13-7-4-6-12(10-13)19-2/h4-10,15H,3,11H2,1-2H3,(H,17,18)/t15-/m0/s1. The maximum absolute atomic E-state index is 12.1. The molecule has 1 aromatic heterocycles. The van der Waals surface area contributed by atoms with Gasteiger partial charge < -0.3 is 19.2 Å². The Kier molecular flexibility index (Phi) is 5.26. The van der Waals surface area contributed by atoms with Crippen LogP contribution >= 0.6 is 0 Å². The summed E-state index contributed by atoms with van der Waals surface area (Å²) < 4.78 is 16.0. The summed E-state index contributed by atoms with van der Waals surface area (Å²) in [5.74, 6) is 1.84. The monoisotopic (exact) mass is 289 g/mol. The molecule has 0 unspecified atom stereocenters. The number of benzene rings is 1. The highest BCUT2D eigenvalue weighted by Crippen LogP contribution is 2.20. The number of ether oxygens (including phenoxy) is 2. The van der Waals surface area contributed by atoms with Gasteiger partial charge in [0.2, 0.25) is 0 Å². The molecule has 5 heteroatoms. The number of carbonyl (C=O) groups is 1. The number of nitrogens with one attached hydrogen (secondary N) is 1. The first-order valence-electron chi connectivity index (χ1n) is 6.83. The summed E-state index contributed by atoms with van der Waals surface area (Å²) in [7, 11) is 1.59. The van der Waals surface area contributed by atoms with Crippen LogP contribution in [0.3, 0.4) is 0 Å². The first kappa shape index (κ1) is 15.0. The molecule has 0 aliphatic rings. The van der Waals surface area contributed by atoms with Crippen molar-refractivity contribution in [2.45, 2.75) is 26.0 Å². The first-order valence-corrected chi connectivity index (χ1v) is 6.83. The molecule has 1 atom stereocenters. The summed E-state index contributed by atoms with van der Waals surface area (Å²) in [6.07, 6.45) is 1.60. The highest BCUT2D eigenvalue weighted by atomic mass is 16.5. The first-order chi connectivity index (χ1) is 10.2. The molecule has 1 aromatic carbocycles. The third-order valence-corrected chi connectivity index (χ3v) is 3.00. The van der Waals surface area contributed by atoms with Gasteiger partial charge in [-0.05, 0) is 30.7 Å². The van der Waals surface area contributed by atoms with Crippen molar-refractivity contribution in [3.63, 3.8) is 0 Å². The van der Waals surface area contributed by atoms with Crippen molar-refractivity contribution in [2.75, 3.05) is 7.11 Å². The summed E-state index contributed by atoms with van der Waals surface area (Å²) >= 11 is 0. The average Bonchev–Trinajstić information content (AvgIpc) is 3.04. The van der Waals surface area contributed by atoms with Gasteiger partial charge in [-0.25, -0.2) is 0 Å². The maximum Gasteiger partial charge on any atom is 0.261 e. The Bertz CT molecular complexity index is 565. The minimum Gasteiger partial charge on any atom is -0.497 e. The van der Waals surface area contributed by atoms with Crippen LogP contribution in [0.2, 0.25) is 0 Å². The summed E-state index contributed by atoms with van der Waals surface area (Å²) in [5, 5.41) is 2.80. The number of carbonyl (C=O) groups excluding carboxylic acids is 1. The van der Waals surface area contributed by atoms with E-state index in [0.717, 1.165) is 0 Å². The van der Waals surface area contributed by atoms with Crippen LogP contribution in [-0.2, 0) is 11.3 Å². The van der Waals surface area contributed by atoms with Crippen molar-refractivity contribution < 1.29 is 18.7 Å². The topological polar surface area (TPSA) is 60.7 Å². The van der Waals surface area contributed by atoms with Crippen LogP contribution in [0.15, 0.2) is 47.1 Å². The van der Waals surface area contributed by atoms with E-state index < -0.39 is 6.10 Å². The molecular weight excluding hydrogens is 270 g/mol. The quantitative estimate of drug-likeness (QED) is 0.851. The SMILES string of the molecule is CC[C@H](Oc1cccc(OC)c1)C(=O)NCc1ccco1. The lowest BCUT2D eigenvalue weighted by Gasteiger charge is -2.17. The molecule has 2 rings (SSSR count). The lowest BCUT2D eigenvalue weighted by atomic mass is 10.2. The number of hydrogen-bond acceptors (Lipinski definition) is 4. The van der Waals surface area contributed by atoms with E-state index in [9.17, 15) is 4.79 Å². The molecule has 0 radical (unpaired) electrons. The van der Waals surface area contributed by atoms with Gasteiger partial charge in [0.1, 0.15) is 17.3 Å². The molecule has 112 valence electrons. The van der Waals surface area contributed by atoms with Crippen molar-refractivity contribution in [2.24, 2.45) is 0 Å². The Morgan fingerprint density at radius 1 is 1.29 bits per heavy atom. The number of rotatable bonds is 7. The van der Waals surface area contributed by atoms with Crippen LogP contribution in [0, 0.1) is 0 Å².